The van der Waals surface area contributed by atoms with E-state index < -0.39 is 0 Å². The molecule has 2 aromatic carbocycles. The van der Waals surface area contributed by atoms with E-state index in [1.807, 2.05) is 37.3 Å². The summed E-state index contributed by atoms with van der Waals surface area (Å²) in [6, 6.07) is 13.0. The number of amides is 1. The predicted molar refractivity (Wildman–Crippen MR) is 92.6 cm³/mol. The molecular weight excluding hydrogens is 326 g/mol. The molecule has 0 saturated carbocycles. The number of benzene rings is 2. The zero-order valence-electron chi connectivity index (χ0n) is 13.2. The SMILES string of the molecule is Cc1cc2cc(C(=O)N3CCOc4ccc(Cl)cc4C3)ccc2o1. The Balaban J connectivity index is 1.65. The first-order valence-electron chi connectivity index (χ1n) is 7.81. The minimum Gasteiger partial charge on any atom is -0.491 e. The monoisotopic (exact) mass is 341 g/mol. The van der Waals surface area contributed by atoms with Crippen molar-refractivity contribution in [2.24, 2.45) is 0 Å². The summed E-state index contributed by atoms with van der Waals surface area (Å²) in [5.41, 5.74) is 2.36. The molecule has 1 aliphatic rings. The Morgan fingerprint density at radius 3 is 2.92 bits per heavy atom. The van der Waals surface area contributed by atoms with Gasteiger partial charge in [-0.05, 0) is 49.4 Å². The molecule has 0 saturated heterocycles. The Kier molecular flexibility index (Phi) is 3.69. The molecule has 4 nitrogen and oxygen atoms in total. The third-order valence-corrected chi connectivity index (χ3v) is 4.41. The first kappa shape index (κ1) is 15.1. The maximum atomic E-state index is 12.9. The van der Waals surface area contributed by atoms with Crippen LogP contribution in [0.15, 0.2) is 46.9 Å². The van der Waals surface area contributed by atoms with Crippen LogP contribution in [-0.2, 0) is 6.54 Å². The molecule has 0 spiro atoms. The molecule has 0 aliphatic carbocycles. The molecule has 0 N–H and O–H groups in total. The van der Waals surface area contributed by atoms with E-state index in [0.29, 0.717) is 30.3 Å². The van der Waals surface area contributed by atoms with Crippen LogP contribution in [0.2, 0.25) is 5.02 Å². The summed E-state index contributed by atoms with van der Waals surface area (Å²) in [5.74, 6) is 1.60. The van der Waals surface area contributed by atoms with E-state index >= 15 is 0 Å². The van der Waals surface area contributed by atoms with E-state index in [1.165, 1.54) is 0 Å². The van der Waals surface area contributed by atoms with E-state index in [9.17, 15) is 4.79 Å². The van der Waals surface area contributed by atoms with Crippen molar-refractivity contribution in [2.45, 2.75) is 13.5 Å². The van der Waals surface area contributed by atoms with Crippen LogP contribution in [-0.4, -0.2) is 24.0 Å². The summed E-state index contributed by atoms with van der Waals surface area (Å²) in [7, 11) is 0. The average Bonchev–Trinajstić information content (AvgIpc) is 2.80. The van der Waals surface area contributed by atoms with Crippen LogP contribution < -0.4 is 4.74 Å². The number of halogens is 1. The maximum Gasteiger partial charge on any atom is 0.254 e. The molecule has 5 heteroatoms. The van der Waals surface area contributed by atoms with E-state index in [4.69, 9.17) is 20.8 Å². The Bertz CT molecular complexity index is 932. The summed E-state index contributed by atoms with van der Waals surface area (Å²) in [6.07, 6.45) is 0. The van der Waals surface area contributed by atoms with Gasteiger partial charge in [-0.3, -0.25) is 4.79 Å². The molecule has 1 aromatic heterocycles. The quantitative estimate of drug-likeness (QED) is 0.657. The zero-order valence-corrected chi connectivity index (χ0v) is 14.0. The van der Waals surface area contributed by atoms with Crippen molar-refractivity contribution in [3.05, 3.63) is 64.4 Å². The number of nitrogens with zero attached hydrogens (tertiary/aromatic N) is 1. The van der Waals surface area contributed by atoms with Crippen LogP contribution in [0.25, 0.3) is 11.0 Å². The lowest BCUT2D eigenvalue weighted by molar-refractivity contribution is 0.0733. The lowest BCUT2D eigenvalue weighted by Gasteiger charge is -2.20. The number of hydrogen-bond donors (Lipinski definition) is 0. The highest BCUT2D eigenvalue weighted by Gasteiger charge is 2.21. The predicted octanol–water partition coefficient (Wildman–Crippen LogP) is 4.43. The molecule has 0 atom stereocenters. The second-order valence-electron chi connectivity index (χ2n) is 5.94. The molecule has 0 unspecified atom stereocenters. The molecule has 0 radical (unpaired) electrons. The number of carbonyl (C=O) groups excluding carboxylic acids is 1. The summed E-state index contributed by atoms with van der Waals surface area (Å²) < 4.78 is 11.3. The van der Waals surface area contributed by atoms with Crippen molar-refractivity contribution < 1.29 is 13.9 Å². The summed E-state index contributed by atoms with van der Waals surface area (Å²) >= 11 is 6.07. The van der Waals surface area contributed by atoms with Crippen LogP contribution in [0, 0.1) is 6.92 Å². The second kappa shape index (κ2) is 5.87. The fraction of sp³-hybridized carbons (Fsp3) is 0.211. The van der Waals surface area contributed by atoms with Gasteiger partial charge in [0.15, 0.2) is 0 Å². The van der Waals surface area contributed by atoms with Gasteiger partial charge in [0.1, 0.15) is 23.7 Å². The summed E-state index contributed by atoms with van der Waals surface area (Å²) in [4.78, 5) is 14.7. The Morgan fingerprint density at radius 1 is 1.17 bits per heavy atom. The number of rotatable bonds is 1. The minimum atomic E-state index is -0.0211. The van der Waals surface area contributed by atoms with E-state index in [2.05, 4.69) is 0 Å². The smallest absolute Gasteiger partial charge is 0.254 e. The summed E-state index contributed by atoms with van der Waals surface area (Å²) in [5, 5.41) is 1.58. The second-order valence-corrected chi connectivity index (χ2v) is 6.37. The minimum absolute atomic E-state index is 0.0211. The Morgan fingerprint density at radius 2 is 2.04 bits per heavy atom. The molecule has 24 heavy (non-hydrogen) atoms. The van der Waals surface area contributed by atoms with Crippen LogP contribution in [0.4, 0.5) is 0 Å². The van der Waals surface area contributed by atoms with E-state index in [1.54, 1.807) is 17.0 Å². The van der Waals surface area contributed by atoms with Crippen molar-refractivity contribution in [3.8, 4) is 5.75 Å². The van der Waals surface area contributed by atoms with Gasteiger partial charge in [-0.1, -0.05) is 11.6 Å². The fourth-order valence-electron chi connectivity index (χ4n) is 3.03. The van der Waals surface area contributed by atoms with Crippen molar-refractivity contribution in [2.75, 3.05) is 13.2 Å². The Hall–Kier alpha value is -2.46. The van der Waals surface area contributed by atoms with Gasteiger partial charge in [0.05, 0.1) is 6.54 Å². The first-order chi connectivity index (χ1) is 11.6. The molecule has 122 valence electrons. The van der Waals surface area contributed by atoms with Gasteiger partial charge >= 0.3 is 0 Å². The number of carbonyl (C=O) groups is 1. The highest BCUT2D eigenvalue weighted by molar-refractivity contribution is 6.30. The van der Waals surface area contributed by atoms with Crippen molar-refractivity contribution in [1.29, 1.82) is 0 Å². The van der Waals surface area contributed by atoms with Gasteiger partial charge < -0.3 is 14.1 Å². The van der Waals surface area contributed by atoms with E-state index in [-0.39, 0.29) is 5.91 Å². The zero-order chi connectivity index (χ0) is 16.7. The molecule has 0 bridgehead atoms. The van der Waals surface area contributed by atoms with Crippen molar-refractivity contribution in [3.63, 3.8) is 0 Å². The number of fused-ring (bicyclic) bond motifs is 2. The number of ether oxygens (including phenoxy) is 1. The third-order valence-electron chi connectivity index (χ3n) is 4.18. The van der Waals surface area contributed by atoms with Gasteiger partial charge in [0.2, 0.25) is 0 Å². The topological polar surface area (TPSA) is 42.7 Å². The first-order valence-corrected chi connectivity index (χ1v) is 8.19. The normalized spacial score (nSPS) is 14.2. The van der Waals surface area contributed by atoms with Crippen LogP contribution in [0.5, 0.6) is 5.75 Å². The molecule has 3 aromatic rings. The molecule has 0 fully saturated rings. The van der Waals surface area contributed by atoms with Crippen molar-refractivity contribution >= 4 is 28.5 Å². The van der Waals surface area contributed by atoms with Gasteiger partial charge in [-0.2, -0.15) is 0 Å². The van der Waals surface area contributed by atoms with Gasteiger partial charge in [0.25, 0.3) is 5.91 Å². The molecule has 1 amide bonds. The molecule has 2 heterocycles. The van der Waals surface area contributed by atoms with Crippen molar-refractivity contribution in [1.82, 2.24) is 4.90 Å². The van der Waals surface area contributed by atoms with Gasteiger partial charge in [-0.15, -0.1) is 0 Å². The average molecular weight is 342 g/mol. The molecule has 4 rings (SSSR count). The van der Waals surface area contributed by atoms with Crippen LogP contribution in [0.3, 0.4) is 0 Å². The number of furan rings is 1. The molecular formula is C19H16ClNO3. The van der Waals surface area contributed by atoms with Crippen LogP contribution >= 0.6 is 11.6 Å². The highest BCUT2D eigenvalue weighted by Crippen LogP contribution is 2.27. The number of aryl methyl sites for hydroxylation is 1. The van der Waals surface area contributed by atoms with Gasteiger partial charge in [-0.25, -0.2) is 0 Å². The number of hydrogen-bond acceptors (Lipinski definition) is 3. The van der Waals surface area contributed by atoms with Crippen LogP contribution in [0.1, 0.15) is 21.7 Å². The molecule has 1 aliphatic heterocycles. The maximum absolute atomic E-state index is 12.9. The summed E-state index contributed by atoms with van der Waals surface area (Å²) in [6.45, 7) is 3.38. The highest BCUT2D eigenvalue weighted by atomic mass is 35.5. The fourth-order valence-corrected chi connectivity index (χ4v) is 3.22. The third kappa shape index (κ3) is 2.74. The largest absolute Gasteiger partial charge is 0.491 e. The lowest BCUT2D eigenvalue weighted by Crippen LogP contribution is -2.32. The lowest BCUT2D eigenvalue weighted by atomic mass is 10.1. The Labute approximate surface area is 144 Å². The standard InChI is InChI=1S/C19H16ClNO3/c1-12-8-14-9-13(2-4-18(14)24-12)19(22)21-6-7-23-17-5-3-16(20)10-15(17)11-21/h2-5,8-10H,6-7,11H2,1H3. The van der Waals surface area contributed by atoms with E-state index in [0.717, 1.165) is 28.0 Å². The van der Waals surface area contributed by atoms with Gasteiger partial charge in [0, 0.05) is 28.1 Å².